The molecule has 0 heterocycles. The predicted molar refractivity (Wildman–Crippen MR) is 69.2 cm³/mol. The van der Waals surface area contributed by atoms with Gasteiger partial charge < -0.3 is 9.47 Å². The maximum Gasteiger partial charge on any atom is 0.123 e. The second-order valence-corrected chi connectivity index (χ2v) is 4.42. The molecule has 4 nitrogen and oxygen atoms in total. The lowest BCUT2D eigenvalue weighted by atomic mass is 10.1. The summed E-state index contributed by atoms with van der Waals surface area (Å²) in [6, 6.07) is 5.28. The summed E-state index contributed by atoms with van der Waals surface area (Å²) in [7, 11) is 1.61. The summed E-state index contributed by atoms with van der Waals surface area (Å²) in [5, 5.41) is 0.644. The van der Waals surface area contributed by atoms with Crippen LogP contribution in [0.2, 0.25) is 5.02 Å². The molecule has 3 N–H and O–H groups in total. The van der Waals surface area contributed by atoms with Crippen LogP contribution in [-0.2, 0) is 4.74 Å². The fourth-order valence-corrected chi connectivity index (χ4v) is 1.67. The van der Waals surface area contributed by atoms with Crippen molar-refractivity contribution in [1.29, 1.82) is 0 Å². The number of rotatable bonds is 6. The minimum Gasteiger partial charge on any atom is -0.496 e. The average Bonchev–Trinajstić information content (AvgIpc) is 2.30. The largest absolute Gasteiger partial charge is 0.496 e. The second kappa shape index (κ2) is 6.81. The molecule has 1 aromatic rings. The first kappa shape index (κ1) is 14.3. The second-order valence-electron chi connectivity index (χ2n) is 3.99. The highest BCUT2D eigenvalue weighted by atomic mass is 35.5. The Kier molecular flexibility index (Phi) is 5.71. The fraction of sp³-hybridized carbons (Fsp3) is 0.500. The van der Waals surface area contributed by atoms with Gasteiger partial charge >= 0.3 is 0 Å². The third-order valence-corrected chi connectivity index (χ3v) is 2.60. The summed E-state index contributed by atoms with van der Waals surface area (Å²) < 4.78 is 10.8. The van der Waals surface area contributed by atoms with E-state index < -0.39 is 0 Å². The molecular formula is C12H19ClN2O2. The van der Waals surface area contributed by atoms with Crippen LogP contribution in [0.3, 0.4) is 0 Å². The van der Waals surface area contributed by atoms with Gasteiger partial charge in [0.1, 0.15) is 5.75 Å². The summed E-state index contributed by atoms with van der Waals surface area (Å²) in [5.74, 6) is 6.28. The molecule has 0 radical (unpaired) electrons. The third-order valence-electron chi connectivity index (χ3n) is 2.36. The normalized spacial score (nSPS) is 12.8. The highest BCUT2D eigenvalue weighted by molar-refractivity contribution is 6.30. The van der Waals surface area contributed by atoms with E-state index >= 15 is 0 Å². The van der Waals surface area contributed by atoms with Crippen molar-refractivity contribution in [2.75, 3.05) is 13.7 Å². The van der Waals surface area contributed by atoms with E-state index in [0.29, 0.717) is 11.6 Å². The summed E-state index contributed by atoms with van der Waals surface area (Å²) >= 11 is 5.97. The zero-order valence-electron chi connectivity index (χ0n) is 10.4. The minimum absolute atomic E-state index is 0.147. The summed E-state index contributed by atoms with van der Waals surface area (Å²) in [6.45, 7) is 4.41. The Balaban J connectivity index is 2.89. The summed E-state index contributed by atoms with van der Waals surface area (Å²) in [6.07, 6.45) is 0.149. The number of ether oxygens (including phenoxy) is 2. The molecule has 1 aromatic carbocycles. The number of benzene rings is 1. The van der Waals surface area contributed by atoms with E-state index in [4.69, 9.17) is 26.9 Å². The molecule has 17 heavy (non-hydrogen) atoms. The smallest absolute Gasteiger partial charge is 0.123 e. The molecule has 0 aliphatic rings. The Morgan fingerprint density at radius 1 is 1.41 bits per heavy atom. The Bertz CT molecular complexity index is 358. The van der Waals surface area contributed by atoms with Crippen LogP contribution in [0.5, 0.6) is 5.75 Å². The van der Waals surface area contributed by atoms with Crippen LogP contribution in [0.15, 0.2) is 18.2 Å². The van der Waals surface area contributed by atoms with Gasteiger partial charge in [-0.15, -0.1) is 0 Å². The minimum atomic E-state index is -0.147. The fourth-order valence-electron chi connectivity index (χ4n) is 1.49. The molecule has 0 aliphatic carbocycles. The first-order valence-electron chi connectivity index (χ1n) is 5.49. The number of nitrogens with one attached hydrogen (secondary N) is 1. The van der Waals surface area contributed by atoms with Crippen molar-refractivity contribution >= 4 is 11.6 Å². The highest BCUT2D eigenvalue weighted by Crippen LogP contribution is 2.28. The van der Waals surface area contributed by atoms with Gasteiger partial charge in [-0.1, -0.05) is 11.6 Å². The van der Waals surface area contributed by atoms with E-state index in [2.05, 4.69) is 5.43 Å². The number of hydrazine groups is 1. The van der Waals surface area contributed by atoms with Gasteiger partial charge in [0.25, 0.3) is 0 Å². The monoisotopic (exact) mass is 258 g/mol. The van der Waals surface area contributed by atoms with Gasteiger partial charge in [0, 0.05) is 10.6 Å². The van der Waals surface area contributed by atoms with Crippen molar-refractivity contribution in [2.45, 2.75) is 26.0 Å². The predicted octanol–water partition coefficient (Wildman–Crippen LogP) is 2.28. The van der Waals surface area contributed by atoms with Crippen LogP contribution in [-0.4, -0.2) is 19.8 Å². The number of methoxy groups -OCH3 is 1. The number of hydrogen-bond acceptors (Lipinski definition) is 4. The van der Waals surface area contributed by atoms with E-state index in [1.165, 1.54) is 0 Å². The van der Waals surface area contributed by atoms with Crippen molar-refractivity contribution in [1.82, 2.24) is 5.43 Å². The van der Waals surface area contributed by atoms with Gasteiger partial charge in [0.2, 0.25) is 0 Å². The molecule has 0 saturated carbocycles. The maximum atomic E-state index is 5.97. The Hall–Kier alpha value is -0.810. The lowest BCUT2D eigenvalue weighted by molar-refractivity contribution is 0.0606. The average molecular weight is 259 g/mol. The third kappa shape index (κ3) is 4.16. The van der Waals surface area contributed by atoms with Crippen molar-refractivity contribution in [2.24, 2.45) is 5.84 Å². The van der Waals surface area contributed by atoms with Gasteiger partial charge in [-0.25, -0.2) is 0 Å². The number of nitrogens with two attached hydrogens (primary N) is 1. The maximum absolute atomic E-state index is 5.97. The zero-order chi connectivity index (χ0) is 12.8. The Labute approximate surface area is 107 Å². The van der Waals surface area contributed by atoms with Gasteiger partial charge in [0.15, 0.2) is 0 Å². The van der Waals surface area contributed by atoms with Crippen LogP contribution in [0, 0.1) is 0 Å². The molecule has 1 unspecified atom stereocenters. The summed E-state index contributed by atoms with van der Waals surface area (Å²) in [4.78, 5) is 0. The lowest BCUT2D eigenvalue weighted by Crippen LogP contribution is -2.32. The first-order valence-corrected chi connectivity index (χ1v) is 5.87. The number of halogens is 1. The van der Waals surface area contributed by atoms with Crippen LogP contribution in [0.25, 0.3) is 0 Å². The topological polar surface area (TPSA) is 56.5 Å². The van der Waals surface area contributed by atoms with Gasteiger partial charge in [-0.3, -0.25) is 11.3 Å². The van der Waals surface area contributed by atoms with E-state index in [-0.39, 0.29) is 12.1 Å². The summed E-state index contributed by atoms with van der Waals surface area (Å²) in [5.41, 5.74) is 3.60. The van der Waals surface area contributed by atoms with Crippen LogP contribution in [0.4, 0.5) is 0 Å². The van der Waals surface area contributed by atoms with E-state index in [0.717, 1.165) is 11.3 Å². The standard InChI is InChI=1S/C12H19ClN2O2/c1-8(2)17-7-11(15-14)10-6-9(13)4-5-12(10)16-3/h4-6,8,11,15H,7,14H2,1-3H3. The van der Waals surface area contributed by atoms with Gasteiger partial charge in [-0.05, 0) is 32.0 Å². The Morgan fingerprint density at radius 2 is 2.12 bits per heavy atom. The van der Waals surface area contributed by atoms with Gasteiger partial charge in [0.05, 0.1) is 25.9 Å². The first-order chi connectivity index (χ1) is 8.08. The molecule has 0 saturated heterocycles. The highest BCUT2D eigenvalue weighted by Gasteiger charge is 2.16. The molecule has 96 valence electrons. The van der Waals surface area contributed by atoms with Crippen molar-refractivity contribution < 1.29 is 9.47 Å². The molecule has 1 atom stereocenters. The molecule has 0 bridgehead atoms. The molecule has 1 rings (SSSR count). The molecule has 0 aromatic heterocycles. The zero-order valence-corrected chi connectivity index (χ0v) is 11.1. The van der Waals surface area contributed by atoms with Crippen molar-refractivity contribution in [3.8, 4) is 5.75 Å². The molecule has 0 aliphatic heterocycles. The lowest BCUT2D eigenvalue weighted by Gasteiger charge is -2.20. The van der Waals surface area contributed by atoms with E-state index in [9.17, 15) is 0 Å². The van der Waals surface area contributed by atoms with Crippen LogP contribution >= 0.6 is 11.6 Å². The molecular weight excluding hydrogens is 240 g/mol. The van der Waals surface area contributed by atoms with Gasteiger partial charge in [-0.2, -0.15) is 0 Å². The molecule has 0 amide bonds. The molecule has 5 heteroatoms. The van der Waals surface area contributed by atoms with E-state index in [1.54, 1.807) is 13.2 Å². The molecule has 0 spiro atoms. The van der Waals surface area contributed by atoms with Crippen molar-refractivity contribution in [3.63, 3.8) is 0 Å². The van der Waals surface area contributed by atoms with E-state index in [1.807, 2.05) is 26.0 Å². The van der Waals surface area contributed by atoms with Crippen LogP contribution in [0.1, 0.15) is 25.5 Å². The number of hydrogen-bond donors (Lipinski definition) is 2. The van der Waals surface area contributed by atoms with Crippen molar-refractivity contribution in [3.05, 3.63) is 28.8 Å². The SMILES string of the molecule is COc1ccc(Cl)cc1C(COC(C)C)NN. The Morgan fingerprint density at radius 3 is 2.65 bits per heavy atom. The van der Waals surface area contributed by atoms with Crippen LogP contribution < -0.4 is 16.0 Å². The molecule has 0 fully saturated rings. The quantitative estimate of drug-likeness (QED) is 0.607.